The lowest BCUT2D eigenvalue weighted by Gasteiger charge is -2.21. The van der Waals surface area contributed by atoms with Gasteiger partial charge in [-0.1, -0.05) is 0 Å². The normalized spacial score (nSPS) is 19.9. The topological polar surface area (TPSA) is 97.3 Å². The van der Waals surface area contributed by atoms with E-state index in [0.29, 0.717) is 42.5 Å². The van der Waals surface area contributed by atoms with E-state index >= 15 is 0 Å². The maximum Gasteiger partial charge on any atom is 0.387 e. The summed E-state index contributed by atoms with van der Waals surface area (Å²) in [5, 5.41) is 0. The van der Waals surface area contributed by atoms with Gasteiger partial charge >= 0.3 is 6.61 Å². The lowest BCUT2D eigenvalue weighted by atomic mass is 10.00. The van der Waals surface area contributed by atoms with Crippen LogP contribution in [-0.2, 0) is 4.74 Å². The predicted molar refractivity (Wildman–Crippen MR) is 123 cm³/mol. The molecule has 186 valence electrons. The van der Waals surface area contributed by atoms with Gasteiger partial charge in [-0.25, -0.2) is 4.98 Å². The Morgan fingerprint density at radius 3 is 2.80 bits per heavy atom. The highest BCUT2D eigenvalue weighted by Gasteiger charge is 2.32. The predicted octanol–water partition coefficient (Wildman–Crippen LogP) is 4.09. The number of nitrogens with zero attached hydrogens (tertiary/aromatic N) is 2. The molecule has 1 aliphatic heterocycles. The molecular formula is C25H27F2N3O5. The summed E-state index contributed by atoms with van der Waals surface area (Å²) in [6.45, 7) is -1.69. The number of carbonyl (C=O) groups excluding carboxylic acids is 1. The van der Waals surface area contributed by atoms with Crippen molar-refractivity contribution in [2.45, 2.75) is 37.8 Å². The van der Waals surface area contributed by atoms with Crippen LogP contribution in [0.5, 0.6) is 17.2 Å². The first-order valence-electron chi connectivity index (χ1n) is 11.5. The highest BCUT2D eigenvalue weighted by atomic mass is 19.3. The molecule has 1 atom stereocenters. The van der Waals surface area contributed by atoms with Crippen LogP contribution in [0.3, 0.4) is 0 Å². The van der Waals surface area contributed by atoms with Gasteiger partial charge in [-0.2, -0.15) is 8.78 Å². The molecular weight excluding hydrogens is 460 g/mol. The monoisotopic (exact) mass is 487 g/mol. The molecule has 10 heteroatoms. The Balaban J connectivity index is 1.46. The highest BCUT2D eigenvalue weighted by molar-refractivity contribution is 6.02. The van der Waals surface area contributed by atoms with Crippen LogP contribution in [0.25, 0.3) is 16.9 Å². The summed E-state index contributed by atoms with van der Waals surface area (Å²) in [4.78, 5) is 17.3. The zero-order chi connectivity index (χ0) is 24.6. The zero-order valence-corrected chi connectivity index (χ0v) is 19.3. The number of fused-ring (bicyclic) bond motifs is 1. The van der Waals surface area contributed by atoms with Crippen molar-refractivity contribution in [3.05, 3.63) is 42.2 Å². The number of rotatable bonds is 10. The molecule has 2 N–H and O–H groups in total. The largest absolute Gasteiger partial charge is 0.496 e. The average Bonchev–Trinajstić information content (AvgIpc) is 3.37. The second-order valence-electron chi connectivity index (χ2n) is 9.19. The van der Waals surface area contributed by atoms with E-state index in [4.69, 9.17) is 24.7 Å². The molecule has 2 aromatic heterocycles. The molecule has 2 fully saturated rings. The van der Waals surface area contributed by atoms with Crippen molar-refractivity contribution >= 4 is 11.4 Å². The minimum absolute atomic E-state index is 0.0413. The molecule has 2 aliphatic rings. The minimum Gasteiger partial charge on any atom is -0.496 e. The Kier molecular flexibility index (Phi) is 6.33. The van der Waals surface area contributed by atoms with E-state index in [2.05, 4.69) is 4.98 Å². The number of ether oxygens (including phenoxy) is 4. The van der Waals surface area contributed by atoms with Gasteiger partial charge in [0.25, 0.3) is 0 Å². The number of carbonyl (C=O) groups is 1. The third-order valence-electron chi connectivity index (χ3n) is 6.39. The molecule has 0 bridgehead atoms. The van der Waals surface area contributed by atoms with E-state index in [1.54, 1.807) is 35.0 Å². The number of pyridine rings is 1. The van der Waals surface area contributed by atoms with Crippen LogP contribution in [0.1, 0.15) is 36.0 Å². The number of nitrogens with two attached hydrogens (primary N) is 1. The van der Waals surface area contributed by atoms with Gasteiger partial charge in [0.05, 0.1) is 31.1 Å². The number of aromatic nitrogens is 2. The van der Waals surface area contributed by atoms with E-state index in [1.807, 2.05) is 0 Å². The van der Waals surface area contributed by atoms with Crippen LogP contribution in [0.2, 0.25) is 0 Å². The number of hydrogen-bond acceptors (Lipinski definition) is 7. The number of ketones is 1. The molecule has 0 spiro atoms. The Morgan fingerprint density at radius 2 is 2.11 bits per heavy atom. The SMILES string of the molecule is COc1cc(-c2cnc3cc(OCC4(N)CCOC4)ccn23)cc(OC(F)F)c1C(=O)CC1CC1. The Hall–Kier alpha value is -3.24. The molecule has 1 saturated heterocycles. The number of imidazole rings is 1. The van der Waals surface area contributed by atoms with Crippen molar-refractivity contribution in [1.29, 1.82) is 0 Å². The first kappa shape index (κ1) is 23.5. The summed E-state index contributed by atoms with van der Waals surface area (Å²) in [5.74, 6) is 0.605. The summed E-state index contributed by atoms with van der Waals surface area (Å²) in [6, 6.07) is 6.62. The maximum atomic E-state index is 13.2. The number of methoxy groups -OCH3 is 1. The molecule has 3 heterocycles. The second kappa shape index (κ2) is 9.43. The number of benzene rings is 1. The summed E-state index contributed by atoms with van der Waals surface area (Å²) in [6.07, 6.45) is 6.32. The van der Waals surface area contributed by atoms with E-state index in [0.717, 1.165) is 19.3 Å². The van der Waals surface area contributed by atoms with Crippen molar-refractivity contribution in [1.82, 2.24) is 9.38 Å². The molecule has 3 aromatic rings. The minimum atomic E-state index is -3.08. The number of Topliss-reactive ketones (excluding diaryl/α,β-unsaturated/α-hetero) is 1. The van der Waals surface area contributed by atoms with Gasteiger partial charge in [-0.3, -0.25) is 9.20 Å². The van der Waals surface area contributed by atoms with Gasteiger partial charge in [-0.05, 0) is 43.4 Å². The lowest BCUT2D eigenvalue weighted by Crippen LogP contribution is -2.46. The van der Waals surface area contributed by atoms with Crippen molar-refractivity contribution in [2.75, 3.05) is 26.9 Å². The van der Waals surface area contributed by atoms with E-state index < -0.39 is 12.2 Å². The van der Waals surface area contributed by atoms with Crippen LogP contribution in [0.15, 0.2) is 36.7 Å². The maximum absolute atomic E-state index is 13.2. The van der Waals surface area contributed by atoms with E-state index in [9.17, 15) is 13.6 Å². The van der Waals surface area contributed by atoms with Gasteiger partial charge < -0.3 is 24.7 Å². The molecule has 0 radical (unpaired) electrons. The fraction of sp³-hybridized carbons (Fsp3) is 0.440. The molecule has 8 nitrogen and oxygen atoms in total. The summed E-state index contributed by atoms with van der Waals surface area (Å²) < 4.78 is 49.7. The van der Waals surface area contributed by atoms with Crippen LogP contribution < -0.4 is 19.9 Å². The quantitative estimate of drug-likeness (QED) is 0.430. The Morgan fingerprint density at radius 1 is 1.31 bits per heavy atom. The standard InChI is InChI=1S/C25H27F2N3O5/c1-32-20-9-16(10-21(35-24(26)27)23(20)19(31)8-15-2-3-15)18-12-29-22-11-17(4-6-30(18)22)34-14-25(28)5-7-33-13-25/h4,6,9-12,15,24H,2-3,5,7-8,13-14,28H2,1H3. The van der Waals surface area contributed by atoms with Crippen LogP contribution >= 0.6 is 0 Å². The van der Waals surface area contributed by atoms with E-state index in [-0.39, 0.29) is 35.2 Å². The van der Waals surface area contributed by atoms with Gasteiger partial charge in [0.1, 0.15) is 35.1 Å². The highest BCUT2D eigenvalue weighted by Crippen LogP contribution is 2.40. The molecule has 1 aliphatic carbocycles. The van der Waals surface area contributed by atoms with Gasteiger partial charge in [0.2, 0.25) is 0 Å². The van der Waals surface area contributed by atoms with Crippen molar-refractivity contribution in [2.24, 2.45) is 11.7 Å². The zero-order valence-electron chi connectivity index (χ0n) is 19.3. The summed E-state index contributed by atoms with van der Waals surface area (Å²) >= 11 is 0. The van der Waals surface area contributed by atoms with Crippen LogP contribution in [0.4, 0.5) is 8.78 Å². The van der Waals surface area contributed by atoms with Crippen LogP contribution in [0, 0.1) is 5.92 Å². The summed E-state index contributed by atoms with van der Waals surface area (Å²) in [7, 11) is 1.40. The van der Waals surface area contributed by atoms with Crippen molar-refractivity contribution in [3.63, 3.8) is 0 Å². The number of hydrogen-bond donors (Lipinski definition) is 1. The summed E-state index contributed by atoms with van der Waals surface area (Å²) in [5.41, 5.74) is 7.52. The van der Waals surface area contributed by atoms with Gasteiger partial charge in [0.15, 0.2) is 5.78 Å². The van der Waals surface area contributed by atoms with Crippen LogP contribution in [-0.4, -0.2) is 54.2 Å². The average molecular weight is 488 g/mol. The first-order valence-corrected chi connectivity index (χ1v) is 11.5. The molecule has 35 heavy (non-hydrogen) atoms. The fourth-order valence-corrected chi connectivity index (χ4v) is 4.28. The number of alkyl halides is 2. The fourth-order valence-electron chi connectivity index (χ4n) is 4.28. The van der Waals surface area contributed by atoms with E-state index in [1.165, 1.54) is 13.2 Å². The van der Waals surface area contributed by atoms with Gasteiger partial charge in [-0.15, -0.1) is 0 Å². The first-order chi connectivity index (χ1) is 16.8. The molecule has 0 amide bonds. The lowest BCUT2D eigenvalue weighted by molar-refractivity contribution is -0.0502. The molecule has 1 aromatic carbocycles. The third-order valence-corrected chi connectivity index (χ3v) is 6.39. The second-order valence-corrected chi connectivity index (χ2v) is 9.19. The Bertz CT molecular complexity index is 1240. The van der Waals surface area contributed by atoms with Crippen molar-refractivity contribution in [3.8, 4) is 28.5 Å². The molecule has 5 rings (SSSR count). The smallest absolute Gasteiger partial charge is 0.387 e. The molecule has 1 saturated carbocycles. The number of halogens is 2. The molecule has 1 unspecified atom stereocenters. The Labute approximate surface area is 200 Å². The van der Waals surface area contributed by atoms with Gasteiger partial charge in [0, 0.05) is 30.9 Å². The third kappa shape index (κ3) is 5.08. The van der Waals surface area contributed by atoms with Crippen molar-refractivity contribution < 1.29 is 32.5 Å².